The van der Waals surface area contributed by atoms with Crippen LogP contribution >= 0.6 is 21.6 Å². The van der Waals surface area contributed by atoms with Crippen molar-refractivity contribution in [3.8, 4) is 0 Å². The van der Waals surface area contributed by atoms with Crippen molar-refractivity contribution in [1.82, 2.24) is 9.88 Å². The Morgan fingerprint density at radius 2 is 1.94 bits per heavy atom. The normalized spacial score (nSPS) is 16.5. The van der Waals surface area contributed by atoms with Gasteiger partial charge in [0.2, 0.25) is 5.91 Å². The average Bonchev–Trinajstić information content (AvgIpc) is 3.35. The van der Waals surface area contributed by atoms with Gasteiger partial charge in [0.15, 0.2) is 0 Å². The van der Waals surface area contributed by atoms with Gasteiger partial charge in [0.1, 0.15) is 6.61 Å². The summed E-state index contributed by atoms with van der Waals surface area (Å²) in [6.45, 7) is 3.13. The average molecular weight is 473 g/mol. The van der Waals surface area contributed by atoms with Gasteiger partial charge in [-0.1, -0.05) is 58.3 Å². The summed E-state index contributed by atoms with van der Waals surface area (Å²) in [5.41, 5.74) is 1.90. The summed E-state index contributed by atoms with van der Waals surface area (Å²) in [7, 11) is 3.93. The maximum Gasteiger partial charge on any atom is 0.305 e. The number of rotatable bonds is 12. The Kier molecular flexibility index (Phi) is 10.4. The predicted octanol–water partition coefficient (Wildman–Crippen LogP) is 5.47. The van der Waals surface area contributed by atoms with Crippen LogP contribution in [0.15, 0.2) is 54.9 Å². The molecule has 1 aromatic heterocycles. The van der Waals surface area contributed by atoms with Crippen LogP contribution in [0.25, 0.3) is 0 Å². The second kappa shape index (κ2) is 13.5. The molecular formula is C25H32N2O3S2. The van der Waals surface area contributed by atoms with Crippen LogP contribution in [0.3, 0.4) is 0 Å². The fourth-order valence-electron chi connectivity index (χ4n) is 3.72. The first-order valence-corrected chi connectivity index (χ1v) is 13.7. The summed E-state index contributed by atoms with van der Waals surface area (Å²) in [4.78, 5) is 31.6. The number of ether oxygens (including phenoxy) is 1. The number of hydrogen-bond donors (Lipinski definition) is 0. The highest BCUT2D eigenvalue weighted by molar-refractivity contribution is 8.77. The predicted molar refractivity (Wildman–Crippen MR) is 132 cm³/mol. The molecule has 0 bridgehead atoms. The molecule has 32 heavy (non-hydrogen) atoms. The van der Waals surface area contributed by atoms with Crippen molar-refractivity contribution < 1.29 is 14.3 Å². The number of esters is 1. The molecule has 1 amide bonds. The molecule has 7 heteroatoms. The molecule has 172 valence electrons. The lowest BCUT2D eigenvalue weighted by Crippen LogP contribution is -2.36. The van der Waals surface area contributed by atoms with Gasteiger partial charge in [-0.25, -0.2) is 0 Å². The Hall–Kier alpha value is -1.99. The van der Waals surface area contributed by atoms with Crippen molar-refractivity contribution in [3.05, 3.63) is 66.0 Å². The van der Waals surface area contributed by atoms with Crippen molar-refractivity contribution in [2.24, 2.45) is 0 Å². The molecule has 0 N–H and O–H groups in total. The fraction of sp³-hybridized carbons (Fsp3) is 0.480. The van der Waals surface area contributed by atoms with Gasteiger partial charge in [0, 0.05) is 42.9 Å². The van der Waals surface area contributed by atoms with Gasteiger partial charge in [-0.05, 0) is 49.4 Å². The zero-order chi connectivity index (χ0) is 22.6. The summed E-state index contributed by atoms with van der Waals surface area (Å²) in [5.74, 6) is 0.486. The van der Waals surface area contributed by atoms with E-state index >= 15 is 0 Å². The molecule has 5 nitrogen and oxygen atoms in total. The molecule has 2 atom stereocenters. The van der Waals surface area contributed by atoms with Crippen molar-refractivity contribution in [2.45, 2.75) is 56.7 Å². The third-order valence-electron chi connectivity index (χ3n) is 5.61. The Morgan fingerprint density at radius 1 is 1.16 bits per heavy atom. The molecule has 2 aromatic rings. The summed E-state index contributed by atoms with van der Waals surface area (Å²) in [5, 5.41) is 0.733. The summed E-state index contributed by atoms with van der Waals surface area (Å²) in [6, 6.07) is 13.4. The topological polar surface area (TPSA) is 59.5 Å². The van der Waals surface area contributed by atoms with E-state index in [-0.39, 0.29) is 18.5 Å². The number of unbranched alkanes of at least 4 members (excludes halogenated alkanes) is 1. The minimum Gasteiger partial charge on any atom is -0.464 e. The molecule has 1 unspecified atom stereocenters. The number of amides is 1. The third kappa shape index (κ3) is 7.85. The first-order chi connectivity index (χ1) is 15.7. The maximum absolute atomic E-state index is 13.4. The van der Waals surface area contributed by atoms with Gasteiger partial charge in [-0.15, -0.1) is 0 Å². The number of carbonyl (C=O) groups excluding carboxylic acids is 2. The highest BCUT2D eigenvalue weighted by Crippen LogP contribution is 2.39. The van der Waals surface area contributed by atoms with E-state index in [0.29, 0.717) is 19.5 Å². The molecule has 2 heterocycles. The number of likely N-dealkylation sites (N-methyl/N-ethyl adjacent to an activating group) is 1. The number of pyridine rings is 1. The van der Waals surface area contributed by atoms with E-state index in [0.717, 1.165) is 35.6 Å². The van der Waals surface area contributed by atoms with Gasteiger partial charge >= 0.3 is 5.97 Å². The Labute approximate surface area is 199 Å². The van der Waals surface area contributed by atoms with Crippen LogP contribution in [-0.2, 0) is 20.9 Å². The Balaban J connectivity index is 1.55. The second-order valence-electron chi connectivity index (χ2n) is 7.93. The number of nitrogens with zero attached hydrogens (tertiary/aromatic N) is 2. The molecule has 0 saturated carbocycles. The molecule has 1 aliphatic rings. The van der Waals surface area contributed by atoms with Crippen LogP contribution in [0, 0.1) is 0 Å². The van der Waals surface area contributed by atoms with Crippen LogP contribution in [0.2, 0.25) is 0 Å². The lowest BCUT2D eigenvalue weighted by molar-refractivity contribution is -0.146. The van der Waals surface area contributed by atoms with E-state index in [1.807, 2.05) is 71.0 Å². The van der Waals surface area contributed by atoms with Crippen LogP contribution in [0.4, 0.5) is 0 Å². The standard InChI is InChI=1S/C25H32N2O3S2/c1-2-27(18-20-12-15-26-16-13-20)25(29)23(21-8-4-3-5-9-21)19-30-24(28)11-7-6-10-22-14-17-31-32-22/h3-5,8-9,12-13,15-16,22-23H,2,6-7,10-11,14,17-19H2,1H3/t22?,23-/m0/s1. The van der Waals surface area contributed by atoms with E-state index in [1.54, 1.807) is 17.3 Å². The Morgan fingerprint density at radius 3 is 2.62 bits per heavy atom. The zero-order valence-electron chi connectivity index (χ0n) is 18.7. The van der Waals surface area contributed by atoms with E-state index < -0.39 is 5.92 Å². The van der Waals surface area contributed by atoms with Crippen molar-refractivity contribution in [2.75, 3.05) is 18.9 Å². The Bertz CT molecular complexity index is 830. The molecular weight excluding hydrogens is 440 g/mol. The quantitative estimate of drug-likeness (QED) is 0.232. The molecule has 0 radical (unpaired) electrons. The van der Waals surface area contributed by atoms with Gasteiger partial charge in [-0.2, -0.15) is 0 Å². The smallest absolute Gasteiger partial charge is 0.305 e. The van der Waals surface area contributed by atoms with Crippen LogP contribution in [-0.4, -0.2) is 45.9 Å². The third-order valence-corrected chi connectivity index (χ3v) is 8.62. The fourth-order valence-corrected chi connectivity index (χ4v) is 6.75. The van der Waals surface area contributed by atoms with Gasteiger partial charge in [-0.3, -0.25) is 14.6 Å². The molecule has 1 fully saturated rings. The first-order valence-electron chi connectivity index (χ1n) is 11.3. The molecule has 1 saturated heterocycles. The van der Waals surface area contributed by atoms with Gasteiger partial charge in [0.25, 0.3) is 0 Å². The highest BCUT2D eigenvalue weighted by Gasteiger charge is 2.27. The van der Waals surface area contributed by atoms with Gasteiger partial charge in [0.05, 0.1) is 5.92 Å². The van der Waals surface area contributed by atoms with Crippen LogP contribution in [0.5, 0.6) is 0 Å². The summed E-state index contributed by atoms with van der Waals surface area (Å²) in [6.07, 6.45) is 8.19. The summed E-state index contributed by atoms with van der Waals surface area (Å²) >= 11 is 0. The first kappa shape index (κ1) is 24.6. The monoisotopic (exact) mass is 472 g/mol. The number of benzene rings is 1. The number of aromatic nitrogens is 1. The van der Waals surface area contributed by atoms with Crippen LogP contribution < -0.4 is 0 Å². The van der Waals surface area contributed by atoms with E-state index in [2.05, 4.69) is 4.98 Å². The maximum atomic E-state index is 13.4. The van der Waals surface area contributed by atoms with E-state index in [1.165, 1.54) is 12.2 Å². The van der Waals surface area contributed by atoms with Crippen molar-refractivity contribution >= 4 is 33.5 Å². The van der Waals surface area contributed by atoms with E-state index in [9.17, 15) is 9.59 Å². The minimum absolute atomic E-state index is 0.0286. The van der Waals surface area contributed by atoms with Gasteiger partial charge < -0.3 is 9.64 Å². The summed E-state index contributed by atoms with van der Waals surface area (Å²) < 4.78 is 5.59. The lowest BCUT2D eigenvalue weighted by Gasteiger charge is -2.26. The highest BCUT2D eigenvalue weighted by atomic mass is 33.1. The van der Waals surface area contributed by atoms with E-state index in [4.69, 9.17) is 4.74 Å². The molecule has 0 aliphatic carbocycles. The molecule has 0 spiro atoms. The SMILES string of the molecule is CCN(Cc1ccncc1)C(=O)[C@@H](COC(=O)CCCCC1CCSS1)c1ccccc1. The molecule has 3 rings (SSSR count). The lowest BCUT2D eigenvalue weighted by atomic mass is 9.98. The number of carbonyl (C=O) groups is 2. The largest absolute Gasteiger partial charge is 0.464 e. The molecule has 1 aromatic carbocycles. The second-order valence-corrected chi connectivity index (χ2v) is 10.7. The zero-order valence-corrected chi connectivity index (χ0v) is 20.3. The van der Waals surface area contributed by atoms with Crippen molar-refractivity contribution in [1.29, 1.82) is 0 Å². The van der Waals surface area contributed by atoms with Crippen LogP contribution in [0.1, 0.15) is 56.1 Å². The van der Waals surface area contributed by atoms with Crippen molar-refractivity contribution in [3.63, 3.8) is 0 Å². The molecule has 1 aliphatic heterocycles. The number of hydrogen-bond acceptors (Lipinski definition) is 6. The minimum atomic E-state index is -0.506.